The van der Waals surface area contributed by atoms with Crippen molar-refractivity contribution in [1.29, 1.82) is 0 Å². The van der Waals surface area contributed by atoms with Gasteiger partial charge in [0, 0.05) is 18.7 Å². The number of anilines is 1. The van der Waals surface area contributed by atoms with Crippen molar-refractivity contribution in [3.63, 3.8) is 0 Å². The van der Waals surface area contributed by atoms with E-state index in [0.717, 1.165) is 45.2 Å². The highest BCUT2D eigenvalue weighted by atomic mass is 35.5. The molecule has 0 N–H and O–H groups in total. The standard InChI is InChI=1S/C17H19ClN4S/c1-11-14(12-6-4-5-7-13(12)18)19-15-22(11)20-16(23-15)21-9-8-17(2,3)10-21/h4-7H,8-10H2,1-3H3. The van der Waals surface area contributed by atoms with Gasteiger partial charge in [-0.15, -0.1) is 5.10 Å². The van der Waals surface area contributed by atoms with E-state index in [1.807, 2.05) is 28.8 Å². The number of aromatic nitrogens is 3. The zero-order valence-corrected chi connectivity index (χ0v) is 15.1. The first kappa shape index (κ1) is 15.0. The van der Waals surface area contributed by atoms with Crippen molar-refractivity contribution in [2.24, 2.45) is 5.41 Å². The van der Waals surface area contributed by atoms with Gasteiger partial charge in [-0.2, -0.15) is 0 Å². The monoisotopic (exact) mass is 346 g/mol. The molecule has 120 valence electrons. The van der Waals surface area contributed by atoms with E-state index >= 15 is 0 Å². The molecule has 0 bridgehead atoms. The van der Waals surface area contributed by atoms with Gasteiger partial charge in [0.2, 0.25) is 10.1 Å². The first-order chi connectivity index (χ1) is 10.9. The smallest absolute Gasteiger partial charge is 0.214 e. The summed E-state index contributed by atoms with van der Waals surface area (Å²) in [5.41, 5.74) is 3.29. The SMILES string of the molecule is Cc1c(-c2ccccc2Cl)nc2sc(N3CCC(C)(C)C3)nn12. The van der Waals surface area contributed by atoms with Crippen LogP contribution in [0.25, 0.3) is 16.2 Å². The lowest BCUT2D eigenvalue weighted by atomic mass is 9.93. The minimum absolute atomic E-state index is 0.367. The summed E-state index contributed by atoms with van der Waals surface area (Å²) in [7, 11) is 0. The molecular formula is C17H19ClN4S. The van der Waals surface area contributed by atoms with Crippen LogP contribution in [-0.2, 0) is 0 Å². The van der Waals surface area contributed by atoms with Gasteiger partial charge in [0.1, 0.15) is 0 Å². The van der Waals surface area contributed by atoms with E-state index in [2.05, 4.69) is 25.7 Å². The molecule has 0 radical (unpaired) electrons. The van der Waals surface area contributed by atoms with Crippen LogP contribution in [0.1, 0.15) is 26.0 Å². The van der Waals surface area contributed by atoms with Crippen molar-refractivity contribution in [1.82, 2.24) is 14.6 Å². The first-order valence-corrected chi connectivity index (χ1v) is 9.00. The van der Waals surface area contributed by atoms with E-state index in [-0.39, 0.29) is 0 Å². The van der Waals surface area contributed by atoms with Gasteiger partial charge < -0.3 is 4.90 Å². The van der Waals surface area contributed by atoms with Crippen molar-refractivity contribution >= 4 is 33.0 Å². The molecule has 1 aliphatic heterocycles. The Morgan fingerprint density at radius 2 is 2.04 bits per heavy atom. The molecular weight excluding hydrogens is 328 g/mol. The van der Waals surface area contributed by atoms with Crippen LogP contribution in [0.3, 0.4) is 0 Å². The van der Waals surface area contributed by atoms with E-state index in [1.54, 1.807) is 11.3 Å². The van der Waals surface area contributed by atoms with Crippen LogP contribution in [0.4, 0.5) is 5.13 Å². The van der Waals surface area contributed by atoms with Gasteiger partial charge in [-0.25, -0.2) is 9.50 Å². The quantitative estimate of drug-likeness (QED) is 0.676. The Kier molecular flexibility index (Phi) is 3.39. The number of hydrogen-bond donors (Lipinski definition) is 0. The number of rotatable bonds is 2. The molecule has 4 nitrogen and oxygen atoms in total. The molecule has 3 heterocycles. The number of fused-ring (bicyclic) bond motifs is 1. The summed E-state index contributed by atoms with van der Waals surface area (Å²) in [5.74, 6) is 0. The fourth-order valence-corrected chi connectivity index (χ4v) is 4.35. The maximum absolute atomic E-state index is 6.32. The Bertz CT molecular complexity index is 880. The fraction of sp³-hybridized carbons (Fsp3) is 0.412. The van der Waals surface area contributed by atoms with Crippen molar-refractivity contribution < 1.29 is 0 Å². The number of nitrogens with zero attached hydrogens (tertiary/aromatic N) is 4. The van der Waals surface area contributed by atoms with Gasteiger partial charge in [0.15, 0.2) is 0 Å². The third-order valence-electron chi connectivity index (χ3n) is 4.49. The van der Waals surface area contributed by atoms with Crippen molar-refractivity contribution in [2.45, 2.75) is 27.2 Å². The van der Waals surface area contributed by atoms with E-state index in [4.69, 9.17) is 21.7 Å². The summed E-state index contributed by atoms with van der Waals surface area (Å²) in [6.07, 6.45) is 1.21. The molecule has 1 aliphatic rings. The van der Waals surface area contributed by atoms with Gasteiger partial charge in [0.25, 0.3) is 0 Å². The molecule has 1 aromatic carbocycles. The molecule has 1 fully saturated rings. The number of hydrogen-bond acceptors (Lipinski definition) is 4. The molecule has 3 aromatic rings. The topological polar surface area (TPSA) is 33.4 Å². The van der Waals surface area contributed by atoms with Crippen LogP contribution in [0.2, 0.25) is 5.02 Å². The second-order valence-electron chi connectivity index (χ2n) is 6.94. The summed E-state index contributed by atoms with van der Waals surface area (Å²) in [4.78, 5) is 8.08. The molecule has 0 unspecified atom stereocenters. The highest BCUT2D eigenvalue weighted by Gasteiger charge is 2.31. The lowest BCUT2D eigenvalue weighted by Crippen LogP contribution is -2.22. The maximum Gasteiger partial charge on any atom is 0.214 e. The maximum atomic E-state index is 6.32. The summed E-state index contributed by atoms with van der Waals surface area (Å²) in [5, 5.41) is 6.58. The zero-order valence-electron chi connectivity index (χ0n) is 13.5. The van der Waals surface area contributed by atoms with Crippen LogP contribution in [-0.4, -0.2) is 27.7 Å². The van der Waals surface area contributed by atoms with Crippen LogP contribution in [0.15, 0.2) is 24.3 Å². The van der Waals surface area contributed by atoms with Crippen LogP contribution in [0, 0.1) is 12.3 Å². The Hall–Kier alpha value is -1.59. The zero-order chi connectivity index (χ0) is 16.2. The average molecular weight is 347 g/mol. The van der Waals surface area contributed by atoms with Crippen molar-refractivity contribution in [3.8, 4) is 11.3 Å². The normalized spacial score (nSPS) is 17.3. The molecule has 0 saturated carbocycles. The minimum atomic E-state index is 0.367. The van der Waals surface area contributed by atoms with Gasteiger partial charge >= 0.3 is 0 Å². The predicted molar refractivity (Wildman–Crippen MR) is 96.7 cm³/mol. The van der Waals surface area contributed by atoms with E-state index in [0.29, 0.717) is 5.41 Å². The molecule has 4 rings (SSSR count). The molecule has 0 amide bonds. The lowest BCUT2D eigenvalue weighted by Gasteiger charge is -2.18. The molecule has 23 heavy (non-hydrogen) atoms. The Morgan fingerprint density at radius 3 is 2.70 bits per heavy atom. The summed E-state index contributed by atoms with van der Waals surface area (Å²) < 4.78 is 1.95. The van der Waals surface area contributed by atoms with E-state index < -0.39 is 0 Å². The van der Waals surface area contributed by atoms with Crippen LogP contribution in [0.5, 0.6) is 0 Å². The van der Waals surface area contributed by atoms with Crippen molar-refractivity contribution in [2.75, 3.05) is 18.0 Å². The van der Waals surface area contributed by atoms with Crippen LogP contribution >= 0.6 is 22.9 Å². The van der Waals surface area contributed by atoms with Crippen molar-refractivity contribution in [3.05, 3.63) is 35.0 Å². The van der Waals surface area contributed by atoms with Gasteiger partial charge in [-0.05, 0) is 24.8 Å². The Morgan fingerprint density at radius 1 is 1.26 bits per heavy atom. The predicted octanol–water partition coefficient (Wildman–Crippen LogP) is 4.66. The molecule has 6 heteroatoms. The van der Waals surface area contributed by atoms with Crippen LogP contribution < -0.4 is 4.90 Å². The second-order valence-corrected chi connectivity index (χ2v) is 8.28. The van der Waals surface area contributed by atoms with Gasteiger partial charge in [0.05, 0.1) is 16.4 Å². The molecule has 0 aliphatic carbocycles. The Balaban J connectivity index is 1.74. The number of halogens is 1. The number of aryl methyl sites for hydroxylation is 1. The van der Waals surface area contributed by atoms with E-state index in [1.165, 1.54) is 6.42 Å². The fourth-order valence-electron chi connectivity index (χ4n) is 3.15. The van der Waals surface area contributed by atoms with E-state index in [9.17, 15) is 0 Å². The largest absolute Gasteiger partial charge is 0.346 e. The molecule has 1 saturated heterocycles. The highest BCUT2D eigenvalue weighted by Crippen LogP contribution is 2.36. The first-order valence-electron chi connectivity index (χ1n) is 7.81. The third-order valence-corrected chi connectivity index (χ3v) is 5.79. The minimum Gasteiger partial charge on any atom is -0.346 e. The summed E-state index contributed by atoms with van der Waals surface area (Å²) in [6, 6.07) is 7.82. The lowest BCUT2D eigenvalue weighted by molar-refractivity contribution is 0.418. The van der Waals surface area contributed by atoms with Gasteiger partial charge in [-0.3, -0.25) is 0 Å². The number of benzene rings is 1. The third kappa shape index (κ3) is 2.52. The summed E-state index contributed by atoms with van der Waals surface area (Å²) >= 11 is 7.97. The number of imidazole rings is 1. The Labute approximate surface area is 144 Å². The van der Waals surface area contributed by atoms with Gasteiger partial charge in [-0.1, -0.05) is 55.0 Å². The average Bonchev–Trinajstić information content (AvgIpc) is 3.15. The highest BCUT2D eigenvalue weighted by molar-refractivity contribution is 7.20. The molecule has 2 aromatic heterocycles. The second kappa shape index (κ2) is 5.21. The summed E-state index contributed by atoms with van der Waals surface area (Å²) in [6.45, 7) is 8.80. The molecule has 0 spiro atoms. The molecule has 0 atom stereocenters.